The molecule has 0 aromatic heterocycles. The maximum Gasteiger partial charge on any atom is 0.276 e. The van der Waals surface area contributed by atoms with Gasteiger partial charge in [-0.1, -0.05) is 0 Å². The lowest BCUT2D eigenvalue weighted by Gasteiger charge is -2.09. The zero-order chi connectivity index (χ0) is 27.9. The summed E-state index contributed by atoms with van der Waals surface area (Å²) in [6.07, 6.45) is 0.690. The van der Waals surface area contributed by atoms with Crippen molar-refractivity contribution in [2.45, 2.75) is 25.7 Å². The third kappa shape index (κ3) is 11.0. The summed E-state index contributed by atoms with van der Waals surface area (Å²) in [7, 11) is 0. The Hall–Kier alpha value is -5.28. The molecule has 0 saturated carbocycles. The Morgan fingerprint density at radius 2 is 0.895 bits per heavy atom. The van der Waals surface area contributed by atoms with Gasteiger partial charge in [0.15, 0.2) is 13.2 Å². The zero-order valence-corrected chi connectivity index (χ0v) is 19.8. The standard InChI is InChI=1S/C22H24N6O10/c29-19(23-25-21(31)13-37-17-9-5-15(6-10-17)27(33)34)3-1-2-4-20(30)24-26-22(32)14-38-18-11-7-16(8-12-18)28(35)36/h5-12H,1-4,13-14H2,(H,23,29)(H,24,30)(H,25,31)(H,26,32). The van der Waals surface area contributed by atoms with Gasteiger partial charge in [0.2, 0.25) is 11.8 Å². The Kier molecular flexibility index (Phi) is 11.4. The highest BCUT2D eigenvalue weighted by Crippen LogP contribution is 2.18. The molecule has 38 heavy (non-hydrogen) atoms. The summed E-state index contributed by atoms with van der Waals surface area (Å²) >= 11 is 0. The number of carbonyl (C=O) groups excluding carboxylic acids is 4. The number of nitrogens with one attached hydrogen (secondary N) is 4. The van der Waals surface area contributed by atoms with Gasteiger partial charge in [0.25, 0.3) is 23.2 Å². The summed E-state index contributed by atoms with van der Waals surface area (Å²) in [5, 5.41) is 21.2. The fourth-order valence-electron chi connectivity index (χ4n) is 2.67. The fourth-order valence-corrected chi connectivity index (χ4v) is 2.67. The van der Waals surface area contributed by atoms with Gasteiger partial charge in [-0.25, -0.2) is 0 Å². The number of hydrazine groups is 2. The lowest BCUT2D eigenvalue weighted by molar-refractivity contribution is -0.385. The predicted molar refractivity (Wildman–Crippen MR) is 128 cm³/mol. The normalized spacial score (nSPS) is 10.0. The van der Waals surface area contributed by atoms with Gasteiger partial charge in [-0.2, -0.15) is 0 Å². The van der Waals surface area contributed by atoms with E-state index in [9.17, 15) is 39.4 Å². The molecule has 0 atom stereocenters. The topological polar surface area (TPSA) is 221 Å². The minimum absolute atomic E-state index is 0.0200. The lowest BCUT2D eigenvalue weighted by Crippen LogP contribution is -2.44. The van der Waals surface area contributed by atoms with Gasteiger partial charge in [0.05, 0.1) is 9.85 Å². The average Bonchev–Trinajstić information content (AvgIpc) is 2.91. The van der Waals surface area contributed by atoms with E-state index in [-0.39, 0.29) is 35.7 Å². The van der Waals surface area contributed by atoms with Crippen LogP contribution in [0, 0.1) is 20.2 Å². The number of hydrogen-bond donors (Lipinski definition) is 4. The number of nitro benzene ring substituents is 2. The number of nitro groups is 2. The molecule has 16 heteroatoms. The first kappa shape index (κ1) is 29.0. The van der Waals surface area contributed by atoms with Crippen LogP contribution in [0.2, 0.25) is 0 Å². The Labute approximate surface area is 214 Å². The third-order valence-electron chi connectivity index (χ3n) is 4.58. The van der Waals surface area contributed by atoms with Crippen LogP contribution in [0.4, 0.5) is 11.4 Å². The Morgan fingerprint density at radius 3 is 1.21 bits per heavy atom. The summed E-state index contributed by atoms with van der Waals surface area (Å²) < 4.78 is 10.3. The van der Waals surface area contributed by atoms with Crippen LogP contribution in [-0.4, -0.2) is 46.7 Å². The van der Waals surface area contributed by atoms with E-state index in [1.54, 1.807) is 0 Å². The minimum atomic E-state index is -0.649. The fraction of sp³-hybridized carbons (Fsp3) is 0.273. The van der Waals surface area contributed by atoms with Gasteiger partial charge < -0.3 is 9.47 Å². The Balaban J connectivity index is 1.51. The molecule has 2 rings (SSSR count). The number of carbonyl (C=O) groups is 4. The van der Waals surface area contributed by atoms with Gasteiger partial charge >= 0.3 is 0 Å². The molecule has 0 fully saturated rings. The first-order valence-electron chi connectivity index (χ1n) is 11.0. The molecule has 202 valence electrons. The number of unbranched alkanes of at least 4 members (excludes halogenated alkanes) is 1. The molecule has 0 unspecified atom stereocenters. The monoisotopic (exact) mass is 532 g/mol. The molecule has 0 heterocycles. The van der Waals surface area contributed by atoms with E-state index < -0.39 is 46.7 Å². The first-order chi connectivity index (χ1) is 18.1. The number of rotatable bonds is 13. The molecule has 0 saturated heterocycles. The van der Waals surface area contributed by atoms with E-state index in [0.29, 0.717) is 12.8 Å². The van der Waals surface area contributed by atoms with Crippen molar-refractivity contribution in [3.63, 3.8) is 0 Å². The average molecular weight is 532 g/mol. The van der Waals surface area contributed by atoms with Crippen LogP contribution in [-0.2, 0) is 19.2 Å². The molecule has 0 spiro atoms. The highest BCUT2D eigenvalue weighted by atomic mass is 16.6. The van der Waals surface area contributed by atoms with Crippen LogP contribution in [0.5, 0.6) is 11.5 Å². The van der Waals surface area contributed by atoms with Crippen LogP contribution in [0.15, 0.2) is 48.5 Å². The summed E-state index contributed by atoms with van der Waals surface area (Å²) in [5.41, 5.74) is 8.46. The molecule has 2 aromatic carbocycles. The second kappa shape index (κ2) is 15.0. The van der Waals surface area contributed by atoms with Crippen molar-refractivity contribution in [2.24, 2.45) is 0 Å². The molecular formula is C22H24N6O10. The second-order valence-corrected chi connectivity index (χ2v) is 7.48. The van der Waals surface area contributed by atoms with Crippen molar-refractivity contribution in [1.82, 2.24) is 21.7 Å². The molecule has 0 aliphatic carbocycles. The van der Waals surface area contributed by atoms with Crippen molar-refractivity contribution in [3.05, 3.63) is 68.8 Å². The summed E-state index contributed by atoms with van der Waals surface area (Å²) in [6, 6.07) is 10.2. The smallest absolute Gasteiger partial charge is 0.276 e. The van der Waals surface area contributed by atoms with Crippen molar-refractivity contribution in [1.29, 1.82) is 0 Å². The Bertz CT molecular complexity index is 1060. The number of nitrogens with zero attached hydrogens (tertiary/aromatic N) is 2. The SMILES string of the molecule is O=C(CCCCC(=O)NNC(=O)COc1ccc([N+](=O)[O-])cc1)NNC(=O)COc1ccc([N+](=O)[O-])cc1. The minimum Gasteiger partial charge on any atom is -0.484 e. The van der Waals surface area contributed by atoms with E-state index in [1.807, 2.05) is 0 Å². The largest absolute Gasteiger partial charge is 0.484 e. The van der Waals surface area contributed by atoms with Crippen LogP contribution in [0.25, 0.3) is 0 Å². The number of benzene rings is 2. The molecule has 0 aliphatic rings. The molecule has 4 N–H and O–H groups in total. The van der Waals surface area contributed by atoms with Gasteiger partial charge in [-0.3, -0.25) is 61.1 Å². The van der Waals surface area contributed by atoms with Crippen molar-refractivity contribution >= 4 is 35.0 Å². The Morgan fingerprint density at radius 1 is 0.579 bits per heavy atom. The van der Waals surface area contributed by atoms with E-state index in [0.717, 1.165) is 0 Å². The highest BCUT2D eigenvalue weighted by Gasteiger charge is 2.10. The van der Waals surface area contributed by atoms with E-state index in [4.69, 9.17) is 9.47 Å². The molecule has 0 aliphatic heterocycles. The summed E-state index contributed by atoms with van der Waals surface area (Å²) in [5.74, 6) is -1.81. The zero-order valence-electron chi connectivity index (χ0n) is 19.8. The second-order valence-electron chi connectivity index (χ2n) is 7.48. The highest BCUT2D eigenvalue weighted by molar-refractivity contribution is 5.83. The number of ether oxygens (including phenoxy) is 2. The number of amides is 4. The molecule has 16 nitrogen and oxygen atoms in total. The molecule has 2 aromatic rings. The van der Waals surface area contributed by atoms with E-state index in [1.165, 1.54) is 48.5 Å². The van der Waals surface area contributed by atoms with Crippen molar-refractivity contribution in [2.75, 3.05) is 13.2 Å². The van der Waals surface area contributed by atoms with Crippen LogP contribution >= 0.6 is 0 Å². The van der Waals surface area contributed by atoms with Gasteiger partial charge in [-0.15, -0.1) is 0 Å². The van der Waals surface area contributed by atoms with E-state index >= 15 is 0 Å². The maximum atomic E-state index is 11.8. The summed E-state index contributed by atoms with van der Waals surface area (Å²) in [6.45, 7) is -0.855. The summed E-state index contributed by atoms with van der Waals surface area (Å²) in [4.78, 5) is 67.1. The van der Waals surface area contributed by atoms with Crippen LogP contribution in [0.1, 0.15) is 25.7 Å². The van der Waals surface area contributed by atoms with Crippen molar-refractivity contribution < 1.29 is 38.5 Å². The van der Waals surface area contributed by atoms with Gasteiger partial charge in [-0.05, 0) is 37.1 Å². The lowest BCUT2D eigenvalue weighted by atomic mass is 10.2. The molecule has 4 amide bonds. The predicted octanol–water partition coefficient (Wildman–Crippen LogP) is 0.816. The molecular weight excluding hydrogens is 508 g/mol. The third-order valence-corrected chi connectivity index (χ3v) is 4.58. The van der Waals surface area contributed by atoms with Gasteiger partial charge in [0, 0.05) is 37.1 Å². The van der Waals surface area contributed by atoms with Gasteiger partial charge in [0.1, 0.15) is 11.5 Å². The number of hydrogen-bond acceptors (Lipinski definition) is 10. The molecule has 0 bridgehead atoms. The van der Waals surface area contributed by atoms with Crippen LogP contribution in [0.3, 0.4) is 0 Å². The van der Waals surface area contributed by atoms with E-state index in [2.05, 4.69) is 21.7 Å². The van der Waals surface area contributed by atoms with Crippen molar-refractivity contribution in [3.8, 4) is 11.5 Å². The quantitative estimate of drug-likeness (QED) is 0.161. The number of non-ortho nitro benzene ring substituents is 2. The maximum absolute atomic E-state index is 11.8. The van der Waals surface area contributed by atoms with Crippen LogP contribution < -0.4 is 31.2 Å². The molecule has 0 radical (unpaired) electrons. The first-order valence-corrected chi connectivity index (χ1v) is 11.0.